The van der Waals surface area contributed by atoms with Crippen LogP contribution < -0.4 is 9.96 Å². The predicted octanol–water partition coefficient (Wildman–Crippen LogP) is 5.10. The highest BCUT2D eigenvalue weighted by Crippen LogP contribution is 2.38. The van der Waals surface area contributed by atoms with Crippen molar-refractivity contribution in [2.45, 2.75) is 32.7 Å². The number of hydrogen-bond donors (Lipinski definition) is 2. The van der Waals surface area contributed by atoms with Crippen molar-refractivity contribution in [3.8, 4) is 23.1 Å². The van der Waals surface area contributed by atoms with E-state index in [9.17, 15) is 18.0 Å². The number of aromatic nitrogens is 1. The number of carbonyl (C=O) groups excluding carboxylic acids is 1. The molecule has 1 amide bonds. The Labute approximate surface area is 208 Å². The molecule has 1 atom stereocenters. The van der Waals surface area contributed by atoms with Crippen LogP contribution in [0.3, 0.4) is 0 Å². The van der Waals surface area contributed by atoms with Gasteiger partial charge in [0.2, 0.25) is 0 Å². The lowest BCUT2D eigenvalue weighted by Gasteiger charge is -2.24. The van der Waals surface area contributed by atoms with Crippen LogP contribution >= 0.6 is 11.3 Å². The van der Waals surface area contributed by atoms with Crippen LogP contribution in [0.2, 0.25) is 0 Å². The molecule has 2 N–H and O–H groups in total. The summed E-state index contributed by atoms with van der Waals surface area (Å²) in [4.78, 5) is 19.3. The van der Waals surface area contributed by atoms with Crippen molar-refractivity contribution in [2.24, 2.45) is 5.41 Å². The largest absolute Gasteiger partial charge is 0.480 e. The summed E-state index contributed by atoms with van der Waals surface area (Å²) in [6.45, 7) is 4.10. The minimum absolute atomic E-state index is 0.0112. The first kappa shape index (κ1) is 25.4. The van der Waals surface area contributed by atoms with Gasteiger partial charge in [0.15, 0.2) is 6.10 Å². The van der Waals surface area contributed by atoms with E-state index < -0.39 is 28.8 Å². The van der Waals surface area contributed by atoms with E-state index in [1.54, 1.807) is 30.9 Å². The van der Waals surface area contributed by atoms with Gasteiger partial charge in [-0.3, -0.25) is 15.2 Å². The molecule has 1 unspecified atom stereocenters. The smallest absolute Gasteiger partial charge is 0.417 e. The average molecular weight is 519 g/mol. The van der Waals surface area contributed by atoms with Gasteiger partial charge >= 0.3 is 6.18 Å². The number of rotatable bonds is 6. The first-order chi connectivity index (χ1) is 16.9. The number of benzene rings is 2. The quantitative estimate of drug-likeness (QED) is 0.437. The van der Waals surface area contributed by atoms with Crippen molar-refractivity contribution in [1.29, 1.82) is 5.26 Å². The van der Waals surface area contributed by atoms with Crippen LogP contribution in [-0.2, 0) is 17.5 Å². The predicted molar refractivity (Wildman–Crippen MR) is 123 cm³/mol. The van der Waals surface area contributed by atoms with Crippen molar-refractivity contribution < 1.29 is 33.1 Å². The number of hydrogen-bond acceptors (Lipinski definition) is 8. The van der Waals surface area contributed by atoms with Gasteiger partial charge in [0, 0.05) is 22.9 Å². The maximum absolute atomic E-state index is 13.3. The molecule has 0 saturated carbocycles. The van der Waals surface area contributed by atoms with Crippen molar-refractivity contribution in [1.82, 2.24) is 9.88 Å². The SMILES string of the molecule is CC1(C)CN(Cc2nc(-c3ccc(N(O)O)cc3)cs2)C(=O)C1Oc1ccc(C#N)c(C(F)(F)F)c1. The summed E-state index contributed by atoms with van der Waals surface area (Å²) in [7, 11) is 0. The normalized spacial score (nSPS) is 17.2. The Morgan fingerprint density at radius 2 is 1.94 bits per heavy atom. The van der Waals surface area contributed by atoms with Crippen LogP contribution in [0.25, 0.3) is 11.3 Å². The Hall–Kier alpha value is -3.66. The Morgan fingerprint density at radius 1 is 1.25 bits per heavy atom. The van der Waals surface area contributed by atoms with Crippen LogP contribution in [0.5, 0.6) is 5.75 Å². The number of halogens is 3. The molecule has 1 fully saturated rings. The summed E-state index contributed by atoms with van der Waals surface area (Å²) in [5.74, 6) is -0.510. The zero-order valence-electron chi connectivity index (χ0n) is 19.2. The molecule has 2 aromatic carbocycles. The van der Waals surface area contributed by atoms with Gasteiger partial charge in [0.1, 0.15) is 10.8 Å². The molecule has 1 aromatic heterocycles. The maximum atomic E-state index is 13.3. The molecule has 8 nitrogen and oxygen atoms in total. The third kappa shape index (κ3) is 5.13. The highest BCUT2D eigenvalue weighted by Gasteiger charge is 2.48. The van der Waals surface area contributed by atoms with E-state index >= 15 is 0 Å². The number of carbonyl (C=O) groups is 1. The lowest BCUT2D eigenvalue weighted by molar-refractivity contribution is -0.138. The molecular weight excluding hydrogens is 497 g/mol. The number of thiazole rings is 1. The van der Waals surface area contributed by atoms with Gasteiger partial charge in [0.05, 0.1) is 35.1 Å². The number of ether oxygens (including phenoxy) is 1. The third-order valence-electron chi connectivity index (χ3n) is 5.79. The molecule has 3 aromatic rings. The summed E-state index contributed by atoms with van der Waals surface area (Å²) in [5.41, 5.74) is -0.738. The molecule has 0 spiro atoms. The Kier molecular flexibility index (Phi) is 6.66. The molecule has 188 valence electrons. The molecule has 1 aliphatic heterocycles. The average Bonchev–Trinajstić information content (AvgIpc) is 3.36. The summed E-state index contributed by atoms with van der Waals surface area (Å²) < 4.78 is 45.7. The van der Waals surface area contributed by atoms with Crippen molar-refractivity contribution in [2.75, 3.05) is 11.8 Å². The van der Waals surface area contributed by atoms with Gasteiger partial charge in [-0.2, -0.15) is 18.4 Å². The van der Waals surface area contributed by atoms with E-state index in [2.05, 4.69) is 4.98 Å². The second-order valence-corrected chi connectivity index (χ2v) is 9.90. The fourth-order valence-corrected chi connectivity index (χ4v) is 4.82. The van der Waals surface area contributed by atoms with Gasteiger partial charge in [-0.25, -0.2) is 4.98 Å². The van der Waals surface area contributed by atoms with Crippen molar-refractivity contribution in [3.05, 3.63) is 64.0 Å². The van der Waals surface area contributed by atoms with E-state index in [-0.39, 0.29) is 29.1 Å². The fourth-order valence-electron chi connectivity index (χ4n) is 4.01. The molecular formula is C24H21F3N4O4S. The highest BCUT2D eigenvalue weighted by molar-refractivity contribution is 7.09. The van der Waals surface area contributed by atoms with Gasteiger partial charge < -0.3 is 9.64 Å². The Morgan fingerprint density at radius 3 is 2.56 bits per heavy atom. The van der Waals surface area contributed by atoms with Crippen LogP contribution in [-0.4, -0.2) is 38.9 Å². The van der Waals surface area contributed by atoms with E-state index in [4.69, 9.17) is 20.4 Å². The van der Waals surface area contributed by atoms with E-state index in [0.29, 0.717) is 17.2 Å². The number of alkyl halides is 3. The minimum Gasteiger partial charge on any atom is -0.480 e. The molecule has 12 heteroatoms. The molecule has 0 bridgehead atoms. The molecule has 36 heavy (non-hydrogen) atoms. The summed E-state index contributed by atoms with van der Waals surface area (Å²) in [6.07, 6.45) is -5.75. The molecule has 0 radical (unpaired) electrons. The lowest BCUT2D eigenvalue weighted by atomic mass is 9.89. The van der Waals surface area contributed by atoms with E-state index in [0.717, 1.165) is 17.7 Å². The summed E-state index contributed by atoms with van der Waals surface area (Å²) in [5, 5.41) is 29.6. The zero-order valence-corrected chi connectivity index (χ0v) is 20.0. The highest BCUT2D eigenvalue weighted by atomic mass is 32.1. The molecule has 1 saturated heterocycles. The number of likely N-dealkylation sites (tertiary alicyclic amines) is 1. The van der Waals surface area contributed by atoms with Crippen LogP contribution in [0.1, 0.15) is 30.0 Å². The molecule has 0 aliphatic carbocycles. The standard InChI is InChI=1S/C24H21F3N4O4S/c1-23(2)13-30(11-20-29-19(12-36-20)14-3-6-16(7-4-14)31(33)34)22(32)21(23)35-17-8-5-15(10-28)18(9-17)24(25,26)27/h3-9,12,21,33-34H,11,13H2,1-2H3. The second kappa shape index (κ2) is 9.42. The summed E-state index contributed by atoms with van der Waals surface area (Å²) >= 11 is 1.35. The van der Waals surface area contributed by atoms with Crippen LogP contribution in [0.15, 0.2) is 47.8 Å². The fraction of sp³-hybridized carbons (Fsp3) is 0.292. The zero-order chi connectivity index (χ0) is 26.3. The summed E-state index contributed by atoms with van der Waals surface area (Å²) in [6, 6.07) is 10.9. The van der Waals surface area contributed by atoms with E-state index in [1.165, 1.54) is 35.6 Å². The van der Waals surface area contributed by atoms with Crippen molar-refractivity contribution in [3.63, 3.8) is 0 Å². The maximum Gasteiger partial charge on any atom is 0.417 e. The Bertz CT molecular complexity index is 1320. The topological polar surface area (TPSA) is 110 Å². The van der Waals surface area contributed by atoms with Crippen LogP contribution in [0.4, 0.5) is 18.9 Å². The van der Waals surface area contributed by atoms with Gasteiger partial charge in [-0.05, 0) is 30.3 Å². The second-order valence-electron chi connectivity index (χ2n) is 8.96. The minimum atomic E-state index is -4.73. The first-order valence-corrected chi connectivity index (χ1v) is 11.6. The molecule has 4 rings (SSSR count). The number of nitriles is 1. The van der Waals surface area contributed by atoms with Gasteiger partial charge in [-0.1, -0.05) is 26.0 Å². The lowest BCUT2D eigenvalue weighted by Crippen LogP contribution is -2.36. The van der Waals surface area contributed by atoms with Gasteiger partial charge in [0.25, 0.3) is 5.91 Å². The number of anilines is 1. The monoisotopic (exact) mass is 518 g/mol. The van der Waals surface area contributed by atoms with Crippen LogP contribution in [0, 0.1) is 16.7 Å². The molecule has 2 heterocycles. The third-order valence-corrected chi connectivity index (χ3v) is 6.62. The molecule has 1 aliphatic rings. The Balaban J connectivity index is 1.49. The van der Waals surface area contributed by atoms with E-state index in [1.807, 2.05) is 5.38 Å². The van der Waals surface area contributed by atoms with Gasteiger partial charge in [-0.15, -0.1) is 16.6 Å². The number of nitrogens with zero attached hydrogens (tertiary/aromatic N) is 4. The number of amides is 1. The van der Waals surface area contributed by atoms with Crippen molar-refractivity contribution >= 4 is 22.9 Å². The first-order valence-electron chi connectivity index (χ1n) is 10.7.